The molecule has 0 unspecified atom stereocenters. The van der Waals surface area contributed by atoms with Crippen molar-refractivity contribution in [3.63, 3.8) is 0 Å². The lowest BCUT2D eigenvalue weighted by Crippen LogP contribution is -2.03. The average Bonchev–Trinajstić information content (AvgIpc) is 2.64. The van der Waals surface area contributed by atoms with Crippen molar-refractivity contribution in [2.24, 2.45) is 7.05 Å². The topological polar surface area (TPSA) is 64.8 Å². The molecule has 2 rings (SSSR count). The molecule has 1 aromatic carbocycles. The van der Waals surface area contributed by atoms with Crippen molar-refractivity contribution in [2.45, 2.75) is 5.16 Å². The van der Waals surface area contributed by atoms with Crippen molar-refractivity contribution in [3.8, 4) is 11.4 Å². The van der Waals surface area contributed by atoms with E-state index < -0.39 is 20.0 Å². The summed E-state index contributed by atoms with van der Waals surface area (Å²) in [5, 5.41) is 6.47. The quantitative estimate of drug-likeness (QED) is 0.798. The number of halogens is 3. The fourth-order valence-corrected chi connectivity index (χ4v) is 2.57. The molecule has 96 valence electrons. The van der Waals surface area contributed by atoms with Crippen LogP contribution in [-0.2, 0) is 16.1 Å². The largest absolute Gasteiger partial charge is 0.300 e. The number of hydrogen-bond donors (Lipinski definition) is 0. The predicted octanol–water partition coefficient (Wildman–Crippen LogP) is 2.20. The first-order chi connectivity index (χ1) is 8.32. The first-order valence-electron chi connectivity index (χ1n) is 4.61. The molecule has 0 bridgehead atoms. The van der Waals surface area contributed by atoms with E-state index in [-0.39, 0.29) is 16.4 Å². The summed E-state index contributed by atoms with van der Waals surface area (Å²) >= 11 is 5.64. The van der Waals surface area contributed by atoms with E-state index >= 15 is 0 Å². The lowest BCUT2D eigenvalue weighted by molar-refractivity contribution is 0.592. The van der Waals surface area contributed by atoms with Gasteiger partial charge in [-0.3, -0.25) is 4.57 Å². The molecule has 5 nitrogen and oxygen atoms in total. The highest BCUT2D eigenvalue weighted by atomic mass is 35.7. The van der Waals surface area contributed by atoms with Crippen molar-refractivity contribution >= 4 is 31.3 Å². The van der Waals surface area contributed by atoms with Gasteiger partial charge < -0.3 is 0 Å². The van der Waals surface area contributed by atoms with E-state index in [1.165, 1.54) is 25.2 Å². The SMILES string of the molecule is Cn1c(-c2cccc(Cl)c2F)nnc1S(=O)(=O)Cl. The van der Waals surface area contributed by atoms with E-state index in [4.69, 9.17) is 22.3 Å². The molecule has 0 saturated heterocycles. The van der Waals surface area contributed by atoms with Gasteiger partial charge in [0.1, 0.15) is 0 Å². The maximum absolute atomic E-state index is 13.8. The van der Waals surface area contributed by atoms with Crippen LogP contribution >= 0.6 is 22.3 Å². The molecule has 0 aliphatic rings. The molecule has 0 fully saturated rings. The molecule has 0 saturated carbocycles. The number of rotatable bonds is 2. The zero-order valence-electron chi connectivity index (χ0n) is 8.93. The smallest absolute Gasteiger partial charge is 0.296 e. The van der Waals surface area contributed by atoms with E-state index in [9.17, 15) is 12.8 Å². The van der Waals surface area contributed by atoms with Gasteiger partial charge in [0.15, 0.2) is 11.6 Å². The van der Waals surface area contributed by atoms with Gasteiger partial charge in [-0.15, -0.1) is 10.2 Å². The summed E-state index contributed by atoms with van der Waals surface area (Å²) in [5.41, 5.74) is 0.0454. The molecule has 0 spiro atoms. The van der Waals surface area contributed by atoms with Crippen LogP contribution in [0.2, 0.25) is 5.02 Å². The van der Waals surface area contributed by atoms with Crippen LogP contribution in [0.4, 0.5) is 4.39 Å². The zero-order valence-corrected chi connectivity index (χ0v) is 11.3. The van der Waals surface area contributed by atoms with Crippen LogP contribution in [0.5, 0.6) is 0 Å². The second-order valence-corrected chi connectivity index (χ2v) is 6.27. The lowest BCUT2D eigenvalue weighted by Gasteiger charge is -2.04. The van der Waals surface area contributed by atoms with E-state index in [2.05, 4.69) is 10.2 Å². The van der Waals surface area contributed by atoms with Crippen LogP contribution in [0, 0.1) is 5.82 Å². The highest BCUT2D eigenvalue weighted by Crippen LogP contribution is 2.27. The predicted molar refractivity (Wildman–Crippen MR) is 64.4 cm³/mol. The number of nitrogens with zero attached hydrogens (tertiary/aromatic N) is 3. The molecule has 1 heterocycles. The van der Waals surface area contributed by atoms with Gasteiger partial charge in [-0.25, -0.2) is 12.8 Å². The van der Waals surface area contributed by atoms with Crippen LogP contribution in [0.3, 0.4) is 0 Å². The minimum absolute atomic E-state index is 0.0224. The monoisotopic (exact) mass is 309 g/mol. The first kappa shape index (κ1) is 13.3. The Hall–Kier alpha value is -1.18. The molecule has 0 N–H and O–H groups in total. The number of hydrogen-bond acceptors (Lipinski definition) is 4. The van der Waals surface area contributed by atoms with Gasteiger partial charge in [-0.05, 0) is 12.1 Å². The summed E-state index contributed by atoms with van der Waals surface area (Å²) in [6, 6.07) is 4.30. The Labute approximate surface area is 112 Å². The van der Waals surface area contributed by atoms with E-state index in [0.29, 0.717) is 0 Å². The molecule has 0 aliphatic heterocycles. The highest BCUT2D eigenvalue weighted by Gasteiger charge is 2.22. The molecule has 18 heavy (non-hydrogen) atoms. The Balaban J connectivity index is 2.67. The summed E-state index contributed by atoms with van der Waals surface area (Å²) in [7, 11) is 2.49. The third kappa shape index (κ3) is 2.21. The van der Waals surface area contributed by atoms with Crippen molar-refractivity contribution in [1.29, 1.82) is 0 Å². The Kier molecular flexibility index (Phi) is 3.31. The molecule has 0 aliphatic carbocycles. The third-order valence-electron chi connectivity index (χ3n) is 2.25. The van der Waals surface area contributed by atoms with Gasteiger partial charge in [0.2, 0.25) is 0 Å². The molecule has 0 atom stereocenters. The van der Waals surface area contributed by atoms with E-state index in [1.54, 1.807) is 0 Å². The Morgan fingerprint density at radius 2 is 2.00 bits per heavy atom. The van der Waals surface area contributed by atoms with Gasteiger partial charge in [-0.2, -0.15) is 0 Å². The average molecular weight is 310 g/mol. The molecular weight excluding hydrogens is 304 g/mol. The second-order valence-electron chi connectivity index (χ2n) is 3.40. The molecule has 0 amide bonds. The van der Waals surface area contributed by atoms with Gasteiger partial charge in [0.25, 0.3) is 14.2 Å². The fraction of sp³-hybridized carbons (Fsp3) is 0.111. The molecule has 0 radical (unpaired) electrons. The molecule has 1 aromatic heterocycles. The lowest BCUT2D eigenvalue weighted by atomic mass is 10.2. The summed E-state index contributed by atoms with van der Waals surface area (Å²) in [6.07, 6.45) is 0. The maximum Gasteiger partial charge on any atom is 0.296 e. The fourth-order valence-electron chi connectivity index (χ4n) is 1.44. The summed E-state index contributed by atoms with van der Waals surface area (Å²) < 4.78 is 37.2. The van der Waals surface area contributed by atoms with Crippen molar-refractivity contribution < 1.29 is 12.8 Å². The van der Waals surface area contributed by atoms with Crippen molar-refractivity contribution in [3.05, 3.63) is 29.0 Å². The maximum atomic E-state index is 13.8. The van der Waals surface area contributed by atoms with Crippen LogP contribution < -0.4 is 0 Å². The van der Waals surface area contributed by atoms with Crippen molar-refractivity contribution in [1.82, 2.24) is 14.8 Å². The summed E-state index contributed by atoms with van der Waals surface area (Å²) in [6.45, 7) is 0. The molecular formula is C9H6Cl2FN3O2S. The van der Waals surface area contributed by atoms with E-state index in [1.807, 2.05) is 0 Å². The number of benzene rings is 1. The first-order valence-corrected chi connectivity index (χ1v) is 7.29. The standard InChI is InChI=1S/C9H6Cl2FN3O2S/c1-15-8(13-14-9(15)18(11,16)17)5-3-2-4-6(10)7(5)12/h2-4H,1H3. The number of aromatic nitrogens is 3. The van der Waals surface area contributed by atoms with Crippen LogP contribution in [-0.4, -0.2) is 23.2 Å². The van der Waals surface area contributed by atoms with Crippen LogP contribution in [0.1, 0.15) is 0 Å². The van der Waals surface area contributed by atoms with Crippen LogP contribution in [0.15, 0.2) is 23.4 Å². The Morgan fingerprint density at radius 1 is 1.33 bits per heavy atom. The molecule has 2 aromatic rings. The normalized spacial score (nSPS) is 11.8. The van der Waals surface area contributed by atoms with E-state index in [0.717, 1.165) is 4.57 Å². The Morgan fingerprint density at radius 3 is 2.56 bits per heavy atom. The Bertz CT molecular complexity index is 715. The molecule has 9 heteroatoms. The van der Waals surface area contributed by atoms with Crippen molar-refractivity contribution in [2.75, 3.05) is 0 Å². The minimum atomic E-state index is -4.04. The second kappa shape index (κ2) is 4.49. The summed E-state index contributed by atoms with van der Waals surface area (Å²) in [5.74, 6) is -0.678. The van der Waals surface area contributed by atoms with Gasteiger partial charge in [0, 0.05) is 17.7 Å². The summed E-state index contributed by atoms with van der Waals surface area (Å²) in [4.78, 5) is 0. The van der Waals surface area contributed by atoms with Gasteiger partial charge >= 0.3 is 0 Å². The zero-order chi connectivity index (χ0) is 13.5. The minimum Gasteiger partial charge on any atom is -0.300 e. The third-order valence-corrected chi connectivity index (χ3v) is 3.74. The van der Waals surface area contributed by atoms with Gasteiger partial charge in [0.05, 0.1) is 10.6 Å². The van der Waals surface area contributed by atoms with Crippen LogP contribution in [0.25, 0.3) is 11.4 Å². The highest BCUT2D eigenvalue weighted by molar-refractivity contribution is 8.13. The van der Waals surface area contributed by atoms with Gasteiger partial charge in [-0.1, -0.05) is 17.7 Å².